The molecule has 0 radical (unpaired) electrons. The van der Waals surface area contributed by atoms with Crippen LogP contribution in [0.5, 0.6) is 0 Å². The predicted molar refractivity (Wildman–Crippen MR) is 73.4 cm³/mol. The number of nitrogens with one attached hydrogen (secondary N) is 1. The van der Waals surface area contributed by atoms with Crippen molar-refractivity contribution in [3.63, 3.8) is 0 Å². The normalized spacial score (nSPS) is 13.9. The lowest BCUT2D eigenvalue weighted by atomic mass is 9.95. The topological polar surface area (TPSA) is 49.3 Å². The Bertz CT molecular complexity index is 351. The Morgan fingerprint density at radius 2 is 1.89 bits per heavy atom. The lowest BCUT2D eigenvalue weighted by molar-refractivity contribution is -0.123. The van der Waals surface area contributed by atoms with Gasteiger partial charge in [0.25, 0.3) is 0 Å². The molecule has 3 heteroatoms. The van der Waals surface area contributed by atoms with Crippen molar-refractivity contribution >= 4 is 5.91 Å². The average molecular weight is 249 g/mol. The molecule has 0 saturated carbocycles. The van der Waals surface area contributed by atoms with E-state index < -0.39 is 0 Å². The van der Waals surface area contributed by atoms with Gasteiger partial charge in [0.1, 0.15) is 0 Å². The zero-order valence-corrected chi connectivity index (χ0v) is 11.2. The van der Waals surface area contributed by atoms with Gasteiger partial charge in [0, 0.05) is 12.6 Å². The summed E-state index contributed by atoms with van der Waals surface area (Å²) < 4.78 is 0. The molecule has 0 fully saturated rings. The minimum absolute atomic E-state index is 0.0593. The van der Waals surface area contributed by atoms with Crippen LogP contribution in [0.4, 0.5) is 0 Å². The van der Waals surface area contributed by atoms with E-state index in [1.165, 1.54) is 0 Å². The summed E-state index contributed by atoms with van der Waals surface area (Å²) in [7, 11) is 0. The highest BCUT2D eigenvalue weighted by Crippen LogP contribution is 2.19. The number of aliphatic hydroxyl groups is 1. The molecular weight excluding hydrogens is 226 g/mol. The number of carbonyl (C=O) groups excluding carboxylic acids is 1. The molecule has 1 aromatic carbocycles. The van der Waals surface area contributed by atoms with Crippen LogP contribution in [0.2, 0.25) is 0 Å². The first-order chi connectivity index (χ1) is 8.72. The minimum Gasteiger partial charge on any atom is -0.396 e. The van der Waals surface area contributed by atoms with Crippen molar-refractivity contribution in [2.45, 2.75) is 45.1 Å². The van der Waals surface area contributed by atoms with Crippen LogP contribution < -0.4 is 5.32 Å². The van der Waals surface area contributed by atoms with Crippen molar-refractivity contribution in [2.75, 3.05) is 6.61 Å². The Hall–Kier alpha value is -1.35. The van der Waals surface area contributed by atoms with Crippen LogP contribution in [0.15, 0.2) is 30.3 Å². The number of aliphatic hydroxyl groups excluding tert-OH is 1. The lowest BCUT2D eigenvalue weighted by Crippen LogP contribution is -2.38. The van der Waals surface area contributed by atoms with Gasteiger partial charge in [-0.2, -0.15) is 0 Å². The Labute approximate surface area is 109 Å². The van der Waals surface area contributed by atoms with Gasteiger partial charge in [-0.1, -0.05) is 44.2 Å². The van der Waals surface area contributed by atoms with E-state index in [1.54, 1.807) is 0 Å². The van der Waals surface area contributed by atoms with Crippen LogP contribution in [-0.4, -0.2) is 23.7 Å². The van der Waals surface area contributed by atoms with Gasteiger partial charge in [0.2, 0.25) is 5.91 Å². The first-order valence-electron chi connectivity index (χ1n) is 6.69. The van der Waals surface area contributed by atoms with Gasteiger partial charge in [-0.05, 0) is 24.8 Å². The smallest absolute Gasteiger partial charge is 0.227 e. The molecule has 1 amide bonds. The summed E-state index contributed by atoms with van der Waals surface area (Å²) in [6.07, 6.45) is 2.25. The third-order valence-corrected chi connectivity index (χ3v) is 3.24. The molecule has 3 nitrogen and oxygen atoms in total. The highest BCUT2D eigenvalue weighted by Gasteiger charge is 2.20. The Morgan fingerprint density at radius 1 is 1.22 bits per heavy atom. The second-order valence-electron chi connectivity index (χ2n) is 4.50. The zero-order chi connectivity index (χ0) is 13.4. The van der Waals surface area contributed by atoms with Gasteiger partial charge in [0.05, 0.1) is 5.92 Å². The van der Waals surface area contributed by atoms with E-state index in [2.05, 4.69) is 5.32 Å². The number of benzene rings is 1. The average Bonchev–Trinajstić information content (AvgIpc) is 2.40. The van der Waals surface area contributed by atoms with Gasteiger partial charge in [0.15, 0.2) is 0 Å². The fourth-order valence-electron chi connectivity index (χ4n) is 2.09. The molecule has 0 heterocycles. The SMILES string of the molecule is CCC(CCO)NC(=O)C(CC)c1ccccc1. The van der Waals surface area contributed by atoms with Crippen LogP contribution in [0.3, 0.4) is 0 Å². The summed E-state index contributed by atoms with van der Waals surface area (Å²) in [5, 5.41) is 12.0. The van der Waals surface area contributed by atoms with Crippen molar-refractivity contribution in [1.29, 1.82) is 0 Å². The lowest BCUT2D eigenvalue weighted by Gasteiger charge is -2.21. The molecule has 100 valence electrons. The van der Waals surface area contributed by atoms with E-state index in [9.17, 15) is 4.79 Å². The first kappa shape index (κ1) is 14.7. The number of rotatable bonds is 7. The third kappa shape index (κ3) is 4.15. The Balaban J connectivity index is 2.68. The second kappa shape index (κ2) is 7.88. The number of hydrogen-bond donors (Lipinski definition) is 2. The van der Waals surface area contributed by atoms with Gasteiger partial charge < -0.3 is 10.4 Å². The van der Waals surface area contributed by atoms with Crippen LogP contribution >= 0.6 is 0 Å². The maximum absolute atomic E-state index is 12.2. The van der Waals surface area contributed by atoms with E-state index in [0.717, 1.165) is 18.4 Å². The van der Waals surface area contributed by atoms with Gasteiger partial charge in [-0.3, -0.25) is 4.79 Å². The van der Waals surface area contributed by atoms with Crippen LogP contribution in [0.25, 0.3) is 0 Å². The molecule has 0 aromatic heterocycles. The second-order valence-corrected chi connectivity index (χ2v) is 4.50. The van der Waals surface area contributed by atoms with Gasteiger partial charge in [-0.15, -0.1) is 0 Å². The molecule has 1 rings (SSSR count). The van der Waals surface area contributed by atoms with E-state index >= 15 is 0 Å². The molecular formula is C15H23NO2. The summed E-state index contributed by atoms with van der Waals surface area (Å²) in [6.45, 7) is 4.15. The number of hydrogen-bond acceptors (Lipinski definition) is 2. The summed E-state index contributed by atoms with van der Waals surface area (Å²) >= 11 is 0. The summed E-state index contributed by atoms with van der Waals surface area (Å²) in [4.78, 5) is 12.2. The monoisotopic (exact) mass is 249 g/mol. The van der Waals surface area contributed by atoms with E-state index in [1.807, 2.05) is 44.2 Å². The first-order valence-corrected chi connectivity index (χ1v) is 6.69. The molecule has 2 N–H and O–H groups in total. The third-order valence-electron chi connectivity index (χ3n) is 3.24. The van der Waals surface area contributed by atoms with Gasteiger partial charge in [-0.25, -0.2) is 0 Å². The minimum atomic E-state index is -0.0982. The van der Waals surface area contributed by atoms with Crippen LogP contribution in [-0.2, 0) is 4.79 Å². The van der Waals surface area contributed by atoms with Crippen LogP contribution in [0, 0.1) is 0 Å². The molecule has 0 spiro atoms. The van der Waals surface area contributed by atoms with Gasteiger partial charge >= 0.3 is 0 Å². The quantitative estimate of drug-likeness (QED) is 0.780. The molecule has 1 aromatic rings. The van der Waals surface area contributed by atoms with E-state index in [0.29, 0.717) is 6.42 Å². The molecule has 0 aliphatic rings. The van der Waals surface area contributed by atoms with E-state index in [-0.39, 0.29) is 24.5 Å². The molecule has 2 atom stereocenters. The van der Waals surface area contributed by atoms with Crippen molar-refractivity contribution in [3.8, 4) is 0 Å². The van der Waals surface area contributed by atoms with Crippen molar-refractivity contribution in [2.24, 2.45) is 0 Å². The summed E-state index contributed by atoms with van der Waals surface area (Å²) in [5.41, 5.74) is 1.05. The van der Waals surface area contributed by atoms with Crippen molar-refractivity contribution in [1.82, 2.24) is 5.32 Å². The Kier molecular flexibility index (Phi) is 6.44. The molecule has 0 saturated heterocycles. The number of amides is 1. The predicted octanol–water partition coefficient (Wildman–Crippen LogP) is 2.46. The maximum atomic E-state index is 12.2. The summed E-state index contributed by atoms with van der Waals surface area (Å²) in [6, 6.07) is 9.91. The highest BCUT2D eigenvalue weighted by atomic mass is 16.3. The molecule has 0 bridgehead atoms. The highest BCUT2D eigenvalue weighted by molar-refractivity contribution is 5.83. The molecule has 2 unspecified atom stereocenters. The van der Waals surface area contributed by atoms with Crippen LogP contribution in [0.1, 0.15) is 44.6 Å². The Morgan fingerprint density at radius 3 is 2.39 bits per heavy atom. The maximum Gasteiger partial charge on any atom is 0.227 e. The zero-order valence-electron chi connectivity index (χ0n) is 11.2. The van der Waals surface area contributed by atoms with E-state index in [4.69, 9.17) is 5.11 Å². The fraction of sp³-hybridized carbons (Fsp3) is 0.533. The molecule has 0 aliphatic carbocycles. The van der Waals surface area contributed by atoms with Crippen molar-refractivity contribution in [3.05, 3.63) is 35.9 Å². The van der Waals surface area contributed by atoms with Crippen molar-refractivity contribution < 1.29 is 9.90 Å². The number of carbonyl (C=O) groups is 1. The fourth-order valence-corrected chi connectivity index (χ4v) is 2.09. The summed E-state index contributed by atoms with van der Waals surface area (Å²) in [5.74, 6) is -0.0389. The largest absolute Gasteiger partial charge is 0.396 e. The molecule has 0 aliphatic heterocycles. The standard InChI is InChI=1S/C15H23NO2/c1-3-13(10-11-17)16-15(18)14(4-2)12-8-6-5-7-9-12/h5-9,13-14,17H,3-4,10-11H2,1-2H3,(H,16,18). The molecule has 18 heavy (non-hydrogen) atoms.